The van der Waals surface area contributed by atoms with Crippen LogP contribution in [-0.4, -0.2) is 69.2 Å². The molecule has 154 valence electrons. The topological polar surface area (TPSA) is 69.2 Å². The minimum Gasteiger partial charge on any atom is -0.495 e. The molecule has 7 nitrogen and oxygen atoms in total. The Bertz CT molecular complexity index is 673. The third-order valence-corrected chi connectivity index (χ3v) is 5.35. The molecule has 1 aromatic rings. The van der Waals surface area contributed by atoms with Gasteiger partial charge in [-0.05, 0) is 38.3 Å². The average molecular weight is 388 g/mol. The lowest BCUT2D eigenvalue weighted by molar-refractivity contribution is -0.129. The first-order valence-corrected chi connectivity index (χ1v) is 10.4. The highest BCUT2D eigenvalue weighted by atomic mass is 16.5. The predicted octanol–water partition coefficient (Wildman–Crippen LogP) is 1.84. The minimum atomic E-state index is 0.223. The van der Waals surface area contributed by atoms with Gasteiger partial charge in [-0.2, -0.15) is 0 Å². The summed E-state index contributed by atoms with van der Waals surface area (Å²) in [7, 11) is 1.71. The Morgan fingerprint density at radius 3 is 2.79 bits per heavy atom. The number of carbonyl (C=O) groups is 1. The first-order valence-electron chi connectivity index (χ1n) is 10.4. The molecule has 0 saturated carbocycles. The van der Waals surface area contributed by atoms with E-state index in [-0.39, 0.29) is 5.91 Å². The molecule has 28 heavy (non-hydrogen) atoms. The normalized spacial score (nSPS) is 19.8. The van der Waals surface area contributed by atoms with E-state index in [4.69, 9.17) is 4.74 Å². The number of likely N-dealkylation sites (tertiary alicyclic amines) is 1. The summed E-state index contributed by atoms with van der Waals surface area (Å²) in [6.07, 6.45) is 3.77. The second-order valence-corrected chi connectivity index (χ2v) is 7.35. The number of rotatable bonds is 7. The van der Waals surface area contributed by atoms with Crippen molar-refractivity contribution in [1.29, 1.82) is 0 Å². The smallest absolute Gasteiger partial charge is 0.224 e. The molecule has 1 aromatic carbocycles. The molecule has 1 amide bonds. The van der Waals surface area contributed by atoms with E-state index in [2.05, 4.69) is 33.5 Å². The van der Waals surface area contributed by atoms with Crippen LogP contribution in [0.15, 0.2) is 29.3 Å². The molecule has 7 heteroatoms. The van der Waals surface area contributed by atoms with Crippen molar-refractivity contribution < 1.29 is 9.53 Å². The largest absolute Gasteiger partial charge is 0.495 e. The van der Waals surface area contributed by atoms with Crippen molar-refractivity contribution in [3.63, 3.8) is 0 Å². The average Bonchev–Trinajstić information content (AvgIpc) is 3.40. The maximum atomic E-state index is 12.2. The molecular weight excluding hydrogens is 354 g/mol. The van der Waals surface area contributed by atoms with Crippen LogP contribution in [0.3, 0.4) is 0 Å². The SMILES string of the molecule is CCNC(=NCCC(=O)N1CCCC1)NC1CCN(c2ccccc2OC)C1. The van der Waals surface area contributed by atoms with Gasteiger partial charge in [-0.25, -0.2) is 0 Å². The van der Waals surface area contributed by atoms with Crippen LogP contribution in [0, 0.1) is 0 Å². The van der Waals surface area contributed by atoms with E-state index in [0.29, 0.717) is 19.0 Å². The van der Waals surface area contributed by atoms with E-state index in [0.717, 1.165) is 69.4 Å². The monoisotopic (exact) mass is 387 g/mol. The van der Waals surface area contributed by atoms with Crippen molar-refractivity contribution in [2.75, 3.05) is 51.3 Å². The van der Waals surface area contributed by atoms with Crippen molar-refractivity contribution in [2.45, 2.75) is 38.6 Å². The Balaban J connectivity index is 1.51. The zero-order chi connectivity index (χ0) is 19.8. The number of carbonyl (C=O) groups excluding carboxylic acids is 1. The predicted molar refractivity (Wildman–Crippen MR) is 113 cm³/mol. The van der Waals surface area contributed by atoms with Crippen LogP contribution < -0.4 is 20.3 Å². The van der Waals surface area contributed by atoms with E-state index in [9.17, 15) is 4.79 Å². The third kappa shape index (κ3) is 5.30. The van der Waals surface area contributed by atoms with Crippen molar-refractivity contribution in [3.05, 3.63) is 24.3 Å². The molecule has 0 bridgehead atoms. The Morgan fingerprint density at radius 2 is 2.04 bits per heavy atom. The third-order valence-electron chi connectivity index (χ3n) is 5.35. The van der Waals surface area contributed by atoms with Gasteiger partial charge in [-0.3, -0.25) is 9.79 Å². The molecule has 2 aliphatic rings. The molecule has 2 heterocycles. The molecule has 2 N–H and O–H groups in total. The number of benzene rings is 1. The van der Waals surface area contributed by atoms with Crippen molar-refractivity contribution in [1.82, 2.24) is 15.5 Å². The number of hydrogen-bond acceptors (Lipinski definition) is 4. The summed E-state index contributed by atoms with van der Waals surface area (Å²) < 4.78 is 5.50. The number of para-hydroxylation sites is 2. The summed E-state index contributed by atoms with van der Waals surface area (Å²) in [4.78, 5) is 21.1. The van der Waals surface area contributed by atoms with Gasteiger partial charge in [0.15, 0.2) is 5.96 Å². The summed E-state index contributed by atoms with van der Waals surface area (Å²) in [5.74, 6) is 1.92. The molecule has 0 aliphatic carbocycles. The van der Waals surface area contributed by atoms with Crippen molar-refractivity contribution in [2.24, 2.45) is 4.99 Å². The molecule has 1 unspecified atom stereocenters. The molecule has 2 aliphatic heterocycles. The standard InChI is InChI=1S/C21H33N5O2/c1-3-22-21(23-12-10-20(27)25-13-6-7-14-25)24-17-11-15-26(16-17)18-8-4-5-9-19(18)28-2/h4-5,8-9,17H,3,6-7,10-16H2,1-2H3,(H2,22,23,24). The van der Waals surface area contributed by atoms with Crippen LogP contribution in [0.5, 0.6) is 5.75 Å². The van der Waals surface area contributed by atoms with Gasteiger partial charge in [0.25, 0.3) is 0 Å². The molecule has 1 atom stereocenters. The summed E-state index contributed by atoms with van der Waals surface area (Å²) in [6, 6.07) is 8.45. The fraction of sp³-hybridized carbons (Fsp3) is 0.619. The van der Waals surface area contributed by atoms with Crippen molar-refractivity contribution >= 4 is 17.6 Å². The molecule has 3 rings (SSSR count). The van der Waals surface area contributed by atoms with E-state index in [1.165, 1.54) is 0 Å². The molecular formula is C21H33N5O2. The molecule has 0 aromatic heterocycles. The highest BCUT2D eigenvalue weighted by molar-refractivity contribution is 5.81. The number of nitrogens with zero attached hydrogens (tertiary/aromatic N) is 3. The highest BCUT2D eigenvalue weighted by Gasteiger charge is 2.25. The number of guanidine groups is 1. The number of aliphatic imine (C=N–C) groups is 1. The summed E-state index contributed by atoms with van der Waals surface area (Å²) in [6.45, 7) is 7.07. The van der Waals surface area contributed by atoms with Gasteiger partial charge in [0.05, 0.1) is 19.3 Å². The van der Waals surface area contributed by atoms with Crippen LogP contribution in [-0.2, 0) is 4.79 Å². The summed E-state index contributed by atoms with van der Waals surface area (Å²) >= 11 is 0. The van der Waals surface area contributed by atoms with Crippen LogP contribution in [0.25, 0.3) is 0 Å². The Hall–Kier alpha value is -2.44. The van der Waals surface area contributed by atoms with E-state index in [1.54, 1.807) is 7.11 Å². The second kappa shape index (κ2) is 10.2. The van der Waals surface area contributed by atoms with Gasteiger partial charge in [-0.15, -0.1) is 0 Å². The van der Waals surface area contributed by atoms with Crippen LogP contribution in [0.1, 0.15) is 32.6 Å². The summed E-state index contributed by atoms with van der Waals surface area (Å²) in [5, 5.41) is 6.83. The first-order chi connectivity index (χ1) is 13.7. The van der Waals surface area contributed by atoms with Gasteiger partial charge in [0.2, 0.25) is 5.91 Å². The van der Waals surface area contributed by atoms with Gasteiger partial charge in [-0.1, -0.05) is 12.1 Å². The van der Waals surface area contributed by atoms with Crippen molar-refractivity contribution in [3.8, 4) is 5.75 Å². The molecule has 2 saturated heterocycles. The van der Waals surface area contributed by atoms with Gasteiger partial charge in [0, 0.05) is 45.2 Å². The molecule has 0 radical (unpaired) electrons. The quantitative estimate of drug-likeness (QED) is 0.552. The van der Waals surface area contributed by atoms with Crippen LogP contribution >= 0.6 is 0 Å². The zero-order valence-electron chi connectivity index (χ0n) is 17.1. The fourth-order valence-corrected chi connectivity index (χ4v) is 3.89. The minimum absolute atomic E-state index is 0.223. The van der Waals surface area contributed by atoms with Gasteiger partial charge >= 0.3 is 0 Å². The van der Waals surface area contributed by atoms with Crippen LogP contribution in [0.4, 0.5) is 5.69 Å². The molecule has 0 spiro atoms. The maximum absolute atomic E-state index is 12.2. The van der Waals surface area contributed by atoms with E-state index >= 15 is 0 Å². The van der Waals surface area contributed by atoms with Crippen LogP contribution in [0.2, 0.25) is 0 Å². The number of nitrogens with one attached hydrogen (secondary N) is 2. The lowest BCUT2D eigenvalue weighted by atomic mass is 10.2. The number of methoxy groups -OCH3 is 1. The highest BCUT2D eigenvalue weighted by Crippen LogP contribution is 2.30. The maximum Gasteiger partial charge on any atom is 0.224 e. The molecule has 2 fully saturated rings. The van der Waals surface area contributed by atoms with E-state index < -0.39 is 0 Å². The number of amides is 1. The zero-order valence-corrected chi connectivity index (χ0v) is 17.1. The Labute approximate surface area is 168 Å². The first kappa shape index (κ1) is 20.3. The number of anilines is 1. The van der Waals surface area contributed by atoms with E-state index in [1.807, 2.05) is 23.1 Å². The number of hydrogen-bond donors (Lipinski definition) is 2. The lowest BCUT2D eigenvalue weighted by Crippen LogP contribution is -2.44. The lowest BCUT2D eigenvalue weighted by Gasteiger charge is -2.22. The Morgan fingerprint density at radius 1 is 1.25 bits per heavy atom. The Kier molecular flexibility index (Phi) is 7.39. The number of ether oxygens (including phenoxy) is 1. The fourth-order valence-electron chi connectivity index (χ4n) is 3.89. The van der Waals surface area contributed by atoms with Gasteiger partial charge < -0.3 is 25.2 Å². The van der Waals surface area contributed by atoms with Gasteiger partial charge in [0.1, 0.15) is 5.75 Å². The summed E-state index contributed by atoms with van der Waals surface area (Å²) in [5.41, 5.74) is 1.13. The second-order valence-electron chi connectivity index (χ2n) is 7.35.